The second kappa shape index (κ2) is 8.00. The van der Waals surface area contributed by atoms with Crippen molar-refractivity contribution in [2.24, 2.45) is 5.92 Å². The van der Waals surface area contributed by atoms with Crippen molar-refractivity contribution in [2.75, 3.05) is 19.0 Å². The maximum absolute atomic E-state index is 12.9. The number of nitrogens with zero attached hydrogens (tertiary/aromatic N) is 1. The molecule has 4 amide bonds. The van der Waals surface area contributed by atoms with Crippen LogP contribution in [0.3, 0.4) is 0 Å². The minimum Gasteiger partial charge on any atom is -0.465 e. The summed E-state index contributed by atoms with van der Waals surface area (Å²) in [6, 6.07) is 5.85. The minimum absolute atomic E-state index is 0.199. The van der Waals surface area contributed by atoms with Crippen LogP contribution in [0.15, 0.2) is 24.3 Å². The number of carbonyl (C=O) groups is 4. The van der Waals surface area contributed by atoms with Crippen LogP contribution in [0.25, 0.3) is 0 Å². The van der Waals surface area contributed by atoms with Gasteiger partial charge in [0.15, 0.2) is 0 Å². The molecule has 1 saturated heterocycles. The summed E-state index contributed by atoms with van der Waals surface area (Å²) in [4.78, 5) is 50.5. The van der Waals surface area contributed by atoms with Gasteiger partial charge in [0.2, 0.25) is 5.91 Å². The number of rotatable bonds is 5. The Morgan fingerprint density at radius 3 is 2.57 bits per heavy atom. The summed E-state index contributed by atoms with van der Waals surface area (Å²) < 4.78 is 4.70. The molecular weight excluding hydrogens is 362 g/mol. The molecule has 1 spiro atoms. The number of anilines is 1. The van der Waals surface area contributed by atoms with E-state index in [9.17, 15) is 19.2 Å². The first-order valence-electron chi connectivity index (χ1n) is 9.51. The molecule has 0 unspecified atom stereocenters. The number of ether oxygens (including phenoxy) is 1. The third-order valence-electron chi connectivity index (χ3n) is 5.69. The second-order valence-corrected chi connectivity index (χ2v) is 7.34. The molecule has 8 heteroatoms. The molecule has 2 N–H and O–H groups in total. The lowest BCUT2D eigenvalue weighted by Gasteiger charge is -2.34. The molecule has 1 aromatic rings. The highest BCUT2D eigenvalue weighted by molar-refractivity contribution is 6.10. The van der Waals surface area contributed by atoms with E-state index in [0.717, 1.165) is 24.2 Å². The number of carbonyl (C=O) groups excluding carboxylic acids is 4. The summed E-state index contributed by atoms with van der Waals surface area (Å²) >= 11 is 0. The van der Waals surface area contributed by atoms with Crippen LogP contribution in [-0.2, 0) is 14.3 Å². The maximum atomic E-state index is 12.9. The largest absolute Gasteiger partial charge is 0.465 e. The van der Waals surface area contributed by atoms with Gasteiger partial charge in [-0.3, -0.25) is 14.5 Å². The quantitative estimate of drug-likeness (QED) is 0.596. The molecule has 0 radical (unpaired) electrons. The molecule has 0 atom stereocenters. The number of nitrogens with one attached hydrogen (secondary N) is 2. The number of hydrogen-bond donors (Lipinski definition) is 2. The fourth-order valence-corrected chi connectivity index (χ4v) is 3.95. The molecule has 1 aromatic carbocycles. The Morgan fingerprint density at radius 2 is 1.93 bits per heavy atom. The summed E-state index contributed by atoms with van der Waals surface area (Å²) in [6.45, 7) is 1.72. The molecule has 1 aliphatic carbocycles. The Morgan fingerprint density at radius 1 is 1.25 bits per heavy atom. The van der Waals surface area contributed by atoms with Crippen molar-refractivity contribution in [1.29, 1.82) is 0 Å². The number of hydrogen-bond acceptors (Lipinski definition) is 5. The van der Waals surface area contributed by atoms with Crippen LogP contribution in [0.2, 0.25) is 0 Å². The number of urea groups is 1. The van der Waals surface area contributed by atoms with Gasteiger partial charge < -0.3 is 15.4 Å². The van der Waals surface area contributed by atoms with Crippen molar-refractivity contribution >= 4 is 29.5 Å². The zero-order valence-corrected chi connectivity index (χ0v) is 16.1. The van der Waals surface area contributed by atoms with Gasteiger partial charge in [0, 0.05) is 0 Å². The third-order valence-corrected chi connectivity index (χ3v) is 5.69. The average Bonchev–Trinajstić information content (AvgIpc) is 2.92. The Balaban J connectivity index is 1.67. The molecule has 1 saturated carbocycles. The van der Waals surface area contributed by atoms with Crippen LogP contribution < -0.4 is 10.6 Å². The van der Waals surface area contributed by atoms with E-state index in [2.05, 4.69) is 17.6 Å². The fraction of sp³-hybridized carbons (Fsp3) is 0.500. The molecule has 28 heavy (non-hydrogen) atoms. The van der Waals surface area contributed by atoms with Crippen LogP contribution in [0, 0.1) is 5.92 Å². The molecule has 150 valence electrons. The molecule has 1 aliphatic heterocycles. The standard InChI is InChI=1S/C20H25N3O5/c1-3-13-8-10-20(11-9-13)18(26)23(19(27)22-20)12-16(24)21-15-7-5-4-6-14(15)17(25)28-2/h4-7,13H,3,8-12H2,1-2H3,(H,21,24)(H,22,27). The van der Waals surface area contributed by atoms with Crippen molar-refractivity contribution in [1.82, 2.24) is 10.2 Å². The summed E-state index contributed by atoms with van der Waals surface area (Å²) in [7, 11) is 1.25. The lowest BCUT2D eigenvalue weighted by atomic mass is 9.75. The highest BCUT2D eigenvalue weighted by Crippen LogP contribution is 2.37. The van der Waals surface area contributed by atoms with Gasteiger partial charge >= 0.3 is 12.0 Å². The number of esters is 1. The van der Waals surface area contributed by atoms with E-state index in [-0.39, 0.29) is 17.2 Å². The van der Waals surface area contributed by atoms with Gasteiger partial charge in [0.05, 0.1) is 18.4 Å². The first-order chi connectivity index (χ1) is 13.4. The van der Waals surface area contributed by atoms with Crippen molar-refractivity contribution < 1.29 is 23.9 Å². The number of para-hydroxylation sites is 1. The van der Waals surface area contributed by atoms with Gasteiger partial charge in [-0.2, -0.15) is 0 Å². The van der Waals surface area contributed by atoms with Gasteiger partial charge in [-0.15, -0.1) is 0 Å². The third kappa shape index (κ3) is 3.72. The average molecular weight is 387 g/mol. The van der Waals surface area contributed by atoms with E-state index in [1.807, 2.05) is 0 Å². The predicted octanol–water partition coefficient (Wildman–Crippen LogP) is 2.30. The molecule has 2 aliphatic rings. The Bertz CT molecular complexity index is 799. The molecule has 8 nitrogen and oxygen atoms in total. The van der Waals surface area contributed by atoms with Gasteiger partial charge in [-0.05, 0) is 43.7 Å². The van der Waals surface area contributed by atoms with Crippen molar-refractivity contribution in [3.8, 4) is 0 Å². The first kappa shape index (κ1) is 19.9. The van der Waals surface area contributed by atoms with E-state index in [4.69, 9.17) is 4.74 Å². The number of amides is 4. The summed E-state index contributed by atoms with van der Waals surface area (Å²) in [5.41, 5.74) is -0.415. The van der Waals surface area contributed by atoms with E-state index >= 15 is 0 Å². The highest BCUT2D eigenvalue weighted by atomic mass is 16.5. The van der Waals surface area contributed by atoms with Gasteiger partial charge in [-0.25, -0.2) is 9.59 Å². The maximum Gasteiger partial charge on any atom is 0.339 e. The minimum atomic E-state index is -0.882. The monoisotopic (exact) mass is 387 g/mol. The number of imide groups is 1. The summed E-state index contributed by atoms with van der Waals surface area (Å²) in [5, 5.41) is 5.39. The topological polar surface area (TPSA) is 105 Å². The molecular formula is C20H25N3O5. The zero-order valence-electron chi connectivity index (χ0n) is 16.1. The first-order valence-corrected chi connectivity index (χ1v) is 9.51. The van der Waals surface area contributed by atoms with Crippen LogP contribution >= 0.6 is 0 Å². The van der Waals surface area contributed by atoms with E-state index in [0.29, 0.717) is 18.8 Å². The lowest BCUT2D eigenvalue weighted by Crippen LogP contribution is -2.49. The molecule has 2 fully saturated rings. The van der Waals surface area contributed by atoms with Gasteiger partial charge in [-0.1, -0.05) is 25.5 Å². The van der Waals surface area contributed by atoms with Crippen molar-refractivity contribution in [2.45, 2.75) is 44.6 Å². The van der Waals surface area contributed by atoms with Crippen LogP contribution in [0.1, 0.15) is 49.4 Å². The van der Waals surface area contributed by atoms with Crippen molar-refractivity contribution in [3.63, 3.8) is 0 Å². The smallest absolute Gasteiger partial charge is 0.339 e. The summed E-state index contributed by atoms with van der Waals surface area (Å²) in [5.74, 6) is -0.914. The van der Waals surface area contributed by atoms with Gasteiger partial charge in [0.25, 0.3) is 5.91 Å². The van der Waals surface area contributed by atoms with Crippen LogP contribution in [0.4, 0.5) is 10.5 Å². The highest BCUT2D eigenvalue weighted by Gasteiger charge is 2.52. The number of methoxy groups -OCH3 is 1. The summed E-state index contributed by atoms with van der Waals surface area (Å²) in [6.07, 6.45) is 4.02. The van der Waals surface area contributed by atoms with Crippen LogP contribution in [-0.4, -0.2) is 47.9 Å². The van der Waals surface area contributed by atoms with E-state index in [1.165, 1.54) is 13.2 Å². The molecule has 0 aromatic heterocycles. The number of benzene rings is 1. The Labute approximate surface area is 163 Å². The normalized spacial score (nSPS) is 24.2. The zero-order chi connectivity index (χ0) is 20.3. The molecule has 0 bridgehead atoms. The molecule has 3 rings (SSSR count). The Kier molecular flexibility index (Phi) is 5.67. The van der Waals surface area contributed by atoms with Gasteiger partial charge in [0.1, 0.15) is 12.1 Å². The van der Waals surface area contributed by atoms with Crippen molar-refractivity contribution in [3.05, 3.63) is 29.8 Å². The molecule has 1 heterocycles. The SMILES string of the molecule is CCC1CCC2(CC1)NC(=O)N(CC(=O)Nc1ccccc1C(=O)OC)C2=O. The fourth-order valence-electron chi connectivity index (χ4n) is 3.95. The van der Waals surface area contributed by atoms with Crippen LogP contribution in [0.5, 0.6) is 0 Å². The lowest BCUT2D eigenvalue weighted by molar-refractivity contribution is -0.135. The van der Waals surface area contributed by atoms with E-state index in [1.54, 1.807) is 18.2 Å². The predicted molar refractivity (Wildman–Crippen MR) is 102 cm³/mol. The Hall–Kier alpha value is -2.90. The van der Waals surface area contributed by atoms with E-state index < -0.39 is 30.0 Å². The second-order valence-electron chi connectivity index (χ2n) is 7.34.